The van der Waals surface area contributed by atoms with Crippen LogP contribution in [-0.2, 0) is 5.41 Å². The zero-order chi connectivity index (χ0) is 46.9. The van der Waals surface area contributed by atoms with E-state index in [0.29, 0.717) is 0 Å². The van der Waals surface area contributed by atoms with Crippen molar-refractivity contribution in [2.75, 3.05) is 4.90 Å². The van der Waals surface area contributed by atoms with Crippen LogP contribution in [0.25, 0.3) is 77.2 Å². The Kier molecular flexibility index (Phi) is 9.47. The molecule has 0 unspecified atom stereocenters. The van der Waals surface area contributed by atoms with Gasteiger partial charge in [-0.1, -0.05) is 231 Å². The monoisotopic (exact) mass is 903 g/mol. The number of fused-ring (bicyclic) bond motifs is 13. The predicted octanol–water partition coefficient (Wildman–Crippen LogP) is 18.6. The molecular weight excluding hydrogens is 859 g/mol. The molecule has 1 spiro atoms. The molecule has 0 atom stereocenters. The first-order chi connectivity index (χ1) is 35.2. The van der Waals surface area contributed by atoms with Gasteiger partial charge in [0.2, 0.25) is 0 Å². The second kappa shape index (κ2) is 16.5. The highest BCUT2D eigenvalue weighted by molar-refractivity contribution is 6.01. The van der Waals surface area contributed by atoms with Crippen molar-refractivity contribution in [3.63, 3.8) is 0 Å². The smallest absolute Gasteiger partial charge is 0.140 e. The van der Waals surface area contributed by atoms with Gasteiger partial charge in [-0.25, -0.2) is 0 Å². The highest BCUT2D eigenvalue weighted by Gasteiger charge is 2.51. The summed E-state index contributed by atoms with van der Waals surface area (Å²) >= 11 is 0. The highest BCUT2D eigenvalue weighted by atomic mass is 16.5. The van der Waals surface area contributed by atoms with Crippen molar-refractivity contribution in [2.45, 2.75) is 5.41 Å². The molecule has 0 radical (unpaired) electrons. The average molecular weight is 904 g/mol. The maximum Gasteiger partial charge on any atom is 0.140 e. The van der Waals surface area contributed by atoms with E-state index >= 15 is 0 Å². The van der Waals surface area contributed by atoms with Gasteiger partial charge in [0.05, 0.1) is 11.1 Å². The third-order valence-electron chi connectivity index (χ3n) is 14.9. The van der Waals surface area contributed by atoms with Crippen LogP contribution >= 0.6 is 0 Å². The molecule has 0 N–H and O–H groups in total. The minimum Gasteiger partial charge on any atom is -0.455 e. The lowest BCUT2D eigenvalue weighted by molar-refractivity contribution is 0.447. The van der Waals surface area contributed by atoms with Crippen LogP contribution in [-0.4, -0.2) is 0 Å². The van der Waals surface area contributed by atoms with E-state index in [1.54, 1.807) is 0 Å². The summed E-state index contributed by atoms with van der Waals surface area (Å²) in [4.78, 5) is 2.43. The molecular formula is C69H45NO. The van der Waals surface area contributed by atoms with Crippen LogP contribution in [0.2, 0.25) is 0 Å². The summed E-state index contributed by atoms with van der Waals surface area (Å²) in [6, 6.07) is 99.7. The Balaban J connectivity index is 0.958. The molecule has 0 saturated carbocycles. The Morgan fingerprint density at radius 1 is 0.268 bits per heavy atom. The van der Waals surface area contributed by atoms with Crippen LogP contribution in [0, 0.1) is 0 Å². The van der Waals surface area contributed by atoms with Crippen LogP contribution in [0.4, 0.5) is 17.1 Å². The predicted molar refractivity (Wildman–Crippen MR) is 295 cm³/mol. The molecule has 12 aromatic carbocycles. The highest BCUT2D eigenvalue weighted by Crippen LogP contribution is 2.64. The van der Waals surface area contributed by atoms with Gasteiger partial charge in [-0.05, 0) is 114 Å². The number of hydrogen-bond donors (Lipinski definition) is 0. The van der Waals surface area contributed by atoms with Crippen molar-refractivity contribution < 1.29 is 4.74 Å². The molecule has 0 aromatic heterocycles. The van der Waals surface area contributed by atoms with Gasteiger partial charge >= 0.3 is 0 Å². The Bertz CT molecular complexity index is 3920. The second-order valence-corrected chi connectivity index (χ2v) is 18.7. The van der Waals surface area contributed by atoms with Gasteiger partial charge in [-0.15, -0.1) is 0 Å². The van der Waals surface area contributed by atoms with Crippen molar-refractivity contribution in [3.8, 4) is 67.1 Å². The van der Waals surface area contributed by atoms with Gasteiger partial charge in [-0.3, -0.25) is 0 Å². The van der Waals surface area contributed by atoms with E-state index in [1.807, 2.05) is 0 Å². The van der Waals surface area contributed by atoms with Gasteiger partial charge in [0, 0.05) is 38.8 Å². The molecule has 332 valence electrons. The van der Waals surface area contributed by atoms with E-state index in [0.717, 1.165) is 72.4 Å². The number of nitrogens with zero attached hydrogens (tertiary/aromatic N) is 1. The number of anilines is 3. The fourth-order valence-corrected chi connectivity index (χ4v) is 11.7. The molecule has 71 heavy (non-hydrogen) atoms. The lowest BCUT2D eigenvalue weighted by Gasteiger charge is -2.40. The first-order valence-electron chi connectivity index (χ1n) is 24.5. The summed E-state index contributed by atoms with van der Waals surface area (Å²) in [5.74, 6) is 1.85. The van der Waals surface area contributed by atoms with Crippen LogP contribution in [0.3, 0.4) is 0 Å². The van der Waals surface area contributed by atoms with Crippen molar-refractivity contribution in [3.05, 3.63) is 295 Å². The first kappa shape index (κ1) is 40.8. The summed E-state index contributed by atoms with van der Waals surface area (Å²) in [5.41, 5.74) is 19.3. The lowest BCUT2D eigenvalue weighted by atomic mass is 9.65. The van der Waals surface area contributed by atoms with Crippen LogP contribution in [0.15, 0.2) is 273 Å². The summed E-state index contributed by atoms with van der Waals surface area (Å²) in [6.07, 6.45) is 0. The fourth-order valence-electron chi connectivity index (χ4n) is 11.7. The molecule has 14 rings (SSSR count). The average Bonchev–Trinajstić information content (AvgIpc) is 3.74. The Morgan fingerprint density at radius 2 is 0.732 bits per heavy atom. The van der Waals surface area contributed by atoms with E-state index in [9.17, 15) is 0 Å². The van der Waals surface area contributed by atoms with Crippen molar-refractivity contribution >= 4 is 38.6 Å². The Labute approximate surface area is 414 Å². The van der Waals surface area contributed by atoms with Gasteiger partial charge in [0.1, 0.15) is 11.5 Å². The summed E-state index contributed by atoms with van der Waals surface area (Å²) in [7, 11) is 0. The third-order valence-corrected chi connectivity index (χ3v) is 14.9. The van der Waals surface area contributed by atoms with E-state index in [2.05, 4.69) is 278 Å². The normalized spacial score (nSPS) is 12.7. The summed E-state index contributed by atoms with van der Waals surface area (Å²) in [5, 5.41) is 4.56. The largest absolute Gasteiger partial charge is 0.455 e. The van der Waals surface area contributed by atoms with Gasteiger partial charge < -0.3 is 9.64 Å². The molecule has 2 aliphatic rings. The first-order valence-corrected chi connectivity index (χ1v) is 24.5. The molecule has 2 heteroatoms. The third kappa shape index (κ3) is 6.49. The van der Waals surface area contributed by atoms with Crippen molar-refractivity contribution in [1.29, 1.82) is 0 Å². The lowest BCUT2D eigenvalue weighted by Crippen LogP contribution is -2.32. The molecule has 12 aromatic rings. The Hall–Kier alpha value is -9.24. The van der Waals surface area contributed by atoms with Gasteiger partial charge in [0.15, 0.2) is 0 Å². The van der Waals surface area contributed by atoms with Crippen LogP contribution in [0.5, 0.6) is 11.5 Å². The zero-order valence-corrected chi connectivity index (χ0v) is 38.8. The standard InChI is InChI=1S/C69H45NO/c1-4-17-46(18-5-1)48-31-37-55(38-32-48)70(66-42-36-53(47-19-6-2-7-20-47)44-60(66)49-21-8-3-9-22-49)56-26-16-25-52(43-56)54-35-39-63-61(45-54)59-29-14-15-30-62(59)69(63)64-40-33-50-23-10-12-27-57(50)67(64)71-68-58-28-13-11-24-51(58)34-41-65(68)69/h1-45H. The number of ether oxygens (including phenoxy) is 1. The number of rotatable bonds is 7. The van der Waals surface area contributed by atoms with Crippen molar-refractivity contribution in [2.24, 2.45) is 0 Å². The minimum absolute atomic E-state index is 0.605. The van der Waals surface area contributed by atoms with Crippen molar-refractivity contribution in [1.82, 2.24) is 0 Å². The topological polar surface area (TPSA) is 12.5 Å². The van der Waals surface area contributed by atoms with Crippen LogP contribution in [0.1, 0.15) is 22.3 Å². The molecule has 1 heterocycles. The molecule has 0 saturated heterocycles. The van der Waals surface area contributed by atoms with E-state index in [4.69, 9.17) is 4.74 Å². The second-order valence-electron chi connectivity index (χ2n) is 18.7. The molecule has 1 aliphatic carbocycles. The summed E-state index contributed by atoms with van der Waals surface area (Å²) in [6.45, 7) is 0. The van der Waals surface area contributed by atoms with E-state index in [1.165, 1.54) is 55.6 Å². The molecule has 1 aliphatic heterocycles. The zero-order valence-electron chi connectivity index (χ0n) is 38.8. The minimum atomic E-state index is -0.605. The van der Waals surface area contributed by atoms with Gasteiger partial charge in [-0.2, -0.15) is 0 Å². The van der Waals surface area contributed by atoms with E-state index < -0.39 is 5.41 Å². The van der Waals surface area contributed by atoms with E-state index in [-0.39, 0.29) is 0 Å². The molecule has 0 fully saturated rings. The maximum atomic E-state index is 7.21. The van der Waals surface area contributed by atoms with Gasteiger partial charge in [0.25, 0.3) is 0 Å². The number of hydrogen-bond acceptors (Lipinski definition) is 2. The molecule has 0 bridgehead atoms. The molecule has 0 amide bonds. The van der Waals surface area contributed by atoms with Crippen LogP contribution < -0.4 is 9.64 Å². The fraction of sp³-hybridized carbons (Fsp3) is 0.0145. The quantitative estimate of drug-likeness (QED) is 0.158. The Morgan fingerprint density at radius 3 is 1.41 bits per heavy atom. The number of benzene rings is 12. The molecule has 2 nitrogen and oxygen atoms in total. The SMILES string of the molecule is c1ccc(-c2ccc(N(c3cccc(-c4ccc5c(c4)-c4ccccc4C54c5ccc6ccccc6c5Oc5c4ccc4ccccc54)c3)c3ccc(-c4ccccc4)cc3-c3ccccc3)cc2)cc1. The summed E-state index contributed by atoms with van der Waals surface area (Å²) < 4.78 is 7.21. The maximum absolute atomic E-state index is 7.21.